The highest BCUT2D eigenvalue weighted by Gasteiger charge is 2.46. The van der Waals surface area contributed by atoms with Crippen molar-refractivity contribution in [1.29, 1.82) is 0 Å². The molecule has 22 heteroatoms. The smallest absolute Gasteiger partial charge is 0.392 e. The van der Waals surface area contributed by atoms with Crippen LogP contribution in [0.25, 0.3) is 11.2 Å². The van der Waals surface area contributed by atoms with Crippen molar-refractivity contribution in [1.82, 2.24) is 24.8 Å². The molecule has 6 atom stereocenters. The van der Waals surface area contributed by atoms with Crippen molar-refractivity contribution >= 4 is 50.4 Å². The molecule has 3 heterocycles. The van der Waals surface area contributed by atoms with Crippen LogP contribution in [0, 0.1) is 0 Å². The number of carbonyl (C=O) groups is 1. The molecule has 0 spiro atoms. The number of amides is 1. The Hall–Kier alpha value is -3.49. The third-order valence-corrected chi connectivity index (χ3v) is 10.9. The SMILES string of the molecule is Nc1nc2c(ncn2[C@@H]2O[C@H](COP(=O)(O)OP(=O)(O)OCCC(=O)NCc3ccccc3Sc3ccccc3CO)[C@@H](O)[C@H]2O)c(=O)[nH]1. The van der Waals surface area contributed by atoms with Gasteiger partial charge >= 0.3 is 15.6 Å². The number of aromatic amines is 1. The molecule has 49 heavy (non-hydrogen) atoms. The number of phosphoric ester groups is 2. The highest BCUT2D eigenvalue weighted by atomic mass is 32.2. The number of ether oxygens (including phenoxy) is 1. The number of hydrogen-bond acceptors (Lipinski definition) is 15. The highest BCUT2D eigenvalue weighted by Crippen LogP contribution is 2.60. The number of rotatable bonds is 15. The summed E-state index contributed by atoms with van der Waals surface area (Å²) in [7, 11) is -10.6. The van der Waals surface area contributed by atoms with E-state index in [1.54, 1.807) is 18.2 Å². The number of anilines is 1. The van der Waals surface area contributed by atoms with Gasteiger partial charge in [-0.15, -0.1) is 0 Å². The predicted octanol–water partition coefficient (Wildman–Crippen LogP) is 0.922. The summed E-state index contributed by atoms with van der Waals surface area (Å²) < 4.78 is 45.1. The standard InChI is InChI=1S/C27H32N6O13P2S/c28-27-31-24-21(25(38)32-27)30-14-33(24)26-23(37)22(36)17(45-26)13-44-48(41,42)46-47(39,40)43-10-9-20(35)29-11-15-5-1-3-7-18(15)49-19-8-4-2-6-16(19)12-34/h1-8,14,17,22-23,26,34,36-37H,9-13H2,(H,29,35)(H,39,40)(H,41,42)(H3,28,31,32,38)/t17-,22-,23-,26-/m1/s1. The first-order valence-electron chi connectivity index (χ1n) is 14.4. The number of carbonyl (C=O) groups excluding carboxylic acids is 1. The molecular formula is C27H32N6O13P2S. The molecule has 1 fully saturated rings. The molecule has 0 bridgehead atoms. The van der Waals surface area contributed by atoms with Crippen molar-refractivity contribution in [2.24, 2.45) is 0 Å². The molecule has 5 rings (SSSR count). The number of nitrogens with two attached hydrogens (primary N) is 1. The maximum Gasteiger partial charge on any atom is 0.481 e. The zero-order valence-electron chi connectivity index (χ0n) is 25.3. The van der Waals surface area contributed by atoms with Gasteiger partial charge in [0.05, 0.1) is 32.6 Å². The second-order valence-corrected chi connectivity index (χ2v) is 14.6. The van der Waals surface area contributed by atoms with E-state index in [2.05, 4.69) is 29.1 Å². The molecule has 9 N–H and O–H groups in total. The van der Waals surface area contributed by atoms with Gasteiger partial charge in [-0.2, -0.15) is 9.29 Å². The number of aromatic nitrogens is 4. The number of hydrogen-bond donors (Lipinski definition) is 8. The first-order valence-corrected chi connectivity index (χ1v) is 18.2. The fourth-order valence-electron chi connectivity index (χ4n) is 4.71. The van der Waals surface area contributed by atoms with Gasteiger partial charge in [-0.25, -0.2) is 14.1 Å². The van der Waals surface area contributed by atoms with E-state index in [9.17, 15) is 43.8 Å². The molecule has 4 aromatic rings. The molecule has 1 saturated heterocycles. The van der Waals surface area contributed by atoms with Crippen LogP contribution in [0.2, 0.25) is 0 Å². The molecule has 264 valence electrons. The Morgan fingerprint density at radius 2 is 1.69 bits per heavy atom. The Labute approximate surface area is 281 Å². The largest absolute Gasteiger partial charge is 0.481 e. The third kappa shape index (κ3) is 9.20. The number of phosphoric acid groups is 2. The summed E-state index contributed by atoms with van der Waals surface area (Å²) in [5.74, 6) is -0.813. The molecule has 1 aliphatic heterocycles. The highest BCUT2D eigenvalue weighted by molar-refractivity contribution is 7.99. The summed E-state index contributed by atoms with van der Waals surface area (Å²) in [6.45, 7) is -1.59. The molecule has 0 aliphatic carbocycles. The van der Waals surface area contributed by atoms with Crippen molar-refractivity contribution in [2.75, 3.05) is 18.9 Å². The number of aliphatic hydroxyl groups excluding tert-OH is 3. The molecular weight excluding hydrogens is 710 g/mol. The molecule has 2 aromatic carbocycles. The topological polar surface area (TPSA) is 291 Å². The Balaban J connectivity index is 1.08. The van der Waals surface area contributed by atoms with Crippen molar-refractivity contribution in [3.8, 4) is 0 Å². The van der Waals surface area contributed by atoms with Crippen molar-refractivity contribution in [2.45, 2.75) is 53.9 Å². The third-order valence-electron chi connectivity index (χ3n) is 7.07. The summed E-state index contributed by atoms with van der Waals surface area (Å²) >= 11 is 1.42. The summed E-state index contributed by atoms with van der Waals surface area (Å²) in [4.78, 5) is 56.2. The minimum atomic E-state index is -5.32. The van der Waals surface area contributed by atoms with E-state index in [-0.39, 0.29) is 30.3 Å². The van der Waals surface area contributed by atoms with Gasteiger partial charge in [-0.1, -0.05) is 48.2 Å². The second kappa shape index (κ2) is 15.6. The predicted molar refractivity (Wildman–Crippen MR) is 171 cm³/mol. The zero-order chi connectivity index (χ0) is 35.3. The number of fused-ring (bicyclic) bond motifs is 1. The Kier molecular flexibility index (Phi) is 11.7. The molecule has 2 unspecified atom stereocenters. The summed E-state index contributed by atoms with van der Waals surface area (Å²) in [5.41, 5.74) is 6.21. The summed E-state index contributed by atoms with van der Waals surface area (Å²) in [5, 5.41) is 33.2. The lowest BCUT2D eigenvalue weighted by molar-refractivity contribution is -0.121. The van der Waals surface area contributed by atoms with E-state index in [4.69, 9.17) is 15.0 Å². The fraction of sp³-hybridized carbons (Fsp3) is 0.333. The number of nitrogen functional groups attached to an aromatic ring is 1. The Morgan fingerprint density at radius 3 is 2.41 bits per heavy atom. The van der Waals surface area contributed by atoms with Crippen LogP contribution in [-0.2, 0) is 45.2 Å². The molecule has 0 saturated carbocycles. The number of imidazole rings is 1. The first kappa shape index (κ1) is 36.8. The van der Waals surface area contributed by atoms with Gasteiger partial charge in [0, 0.05) is 16.3 Å². The van der Waals surface area contributed by atoms with Crippen LogP contribution in [0.4, 0.5) is 5.95 Å². The monoisotopic (exact) mass is 742 g/mol. The average Bonchev–Trinajstić information content (AvgIpc) is 3.59. The lowest BCUT2D eigenvalue weighted by Crippen LogP contribution is -2.33. The molecule has 0 radical (unpaired) electrons. The zero-order valence-corrected chi connectivity index (χ0v) is 27.9. The number of nitrogens with zero attached hydrogens (tertiary/aromatic N) is 3. The Morgan fingerprint density at radius 1 is 1.04 bits per heavy atom. The van der Waals surface area contributed by atoms with Gasteiger partial charge in [-0.3, -0.25) is 28.2 Å². The maximum absolute atomic E-state index is 12.4. The van der Waals surface area contributed by atoms with Crippen molar-refractivity contribution in [3.05, 3.63) is 76.3 Å². The Bertz CT molecular complexity index is 1960. The van der Waals surface area contributed by atoms with Gasteiger partial charge in [0.25, 0.3) is 5.56 Å². The van der Waals surface area contributed by atoms with E-state index >= 15 is 0 Å². The summed E-state index contributed by atoms with van der Waals surface area (Å²) in [6, 6.07) is 14.6. The van der Waals surface area contributed by atoms with E-state index in [1.807, 2.05) is 30.3 Å². The van der Waals surface area contributed by atoms with Gasteiger partial charge in [-0.05, 0) is 23.3 Å². The number of benzene rings is 2. The van der Waals surface area contributed by atoms with E-state index in [0.717, 1.165) is 31.8 Å². The van der Waals surface area contributed by atoms with Crippen LogP contribution in [0.5, 0.6) is 0 Å². The lowest BCUT2D eigenvalue weighted by atomic mass is 10.1. The van der Waals surface area contributed by atoms with Gasteiger partial charge in [0.2, 0.25) is 11.9 Å². The molecule has 19 nitrogen and oxygen atoms in total. The molecule has 2 aromatic heterocycles. The molecule has 1 aliphatic rings. The van der Waals surface area contributed by atoms with Crippen LogP contribution in [0.15, 0.2) is 69.4 Å². The van der Waals surface area contributed by atoms with Gasteiger partial charge in [0.1, 0.15) is 18.3 Å². The number of aliphatic hydroxyl groups is 3. The van der Waals surface area contributed by atoms with Gasteiger partial charge in [0.15, 0.2) is 17.4 Å². The number of nitrogens with one attached hydrogen (secondary N) is 2. The fourth-order valence-corrected chi connectivity index (χ4v) is 7.85. The van der Waals surface area contributed by atoms with Crippen LogP contribution in [-0.4, -0.2) is 82.1 Å². The average molecular weight is 743 g/mol. The van der Waals surface area contributed by atoms with E-state index in [0.29, 0.717) is 0 Å². The van der Waals surface area contributed by atoms with Crippen LogP contribution in [0.1, 0.15) is 23.8 Å². The normalized spacial score (nSPS) is 21.7. The summed E-state index contributed by atoms with van der Waals surface area (Å²) in [6.07, 6.45) is -5.50. The first-order chi connectivity index (χ1) is 23.3. The maximum atomic E-state index is 12.4. The number of H-pyrrole nitrogens is 1. The van der Waals surface area contributed by atoms with Crippen molar-refractivity contribution in [3.63, 3.8) is 0 Å². The van der Waals surface area contributed by atoms with E-state index < -0.39 is 71.3 Å². The van der Waals surface area contributed by atoms with Crippen molar-refractivity contribution < 1.29 is 57.1 Å². The lowest BCUT2D eigenvalue weighted by Gasteiger charge is -2.19. The van der Waals surface area contributed by atoms with Crippen LogP contribution >= 0.6 is 27.4 Å². The minimum Gasteiger partial charge on any atom is -0.392 e. The van der Waals surface area contributed by atoms with Crippen LogP contribution < -0.4 is 16.6 Å². The molecule has 1 amide bonds. The second-order valence-electron chi connectivity index (χ2n) is 10.5. The van der Waals surface area contributed by atoms with E-state index in [1.165, 1.54) is 11.8 Å². The van der Waals surface area contributed by atoms with Gasteiger partial charge < -0.3 is 40.9 Å². The minimum absolute atomic E-state index is 0.0773. The quantitative estimate of drug-likeness (QED) is 0.0786. The van der Waals surface area contributed by atoms with Crippen LogP contribution in [0.3, 0.4) is 0 Å².